The minimum atomic E-state index is -4.28. The number of aromatic carboxylic acids is 1. The number of benzene rings is 3. The first-order valence-corrected chi connectivity index (χ1v) is 8.67. The molecule has 0 saturated heterocycles. The van der Waals surface area contributed by atoms with E-state index in [1.165, 1.54) is 36.4 Å². The molecule has 3 N–H and O–H groups in total. The molecule has 0 atom stereocenters. The molecule has 3 rings (SSSR count). The number of phenols is 1. The Balaban J connectivity index is 0.00000196. The number of carboxylic acid groups (broad SMARTS) is 1. The zero-order valence-electron chi connectivity index (χ0n) is 15.1. The van der Waals surface area contributed by atoms with E-state index in [1.807, 2.05) is 0 Å². The number of carboxylic acids is 1. The van der Waals surface area contributed by atoms with Crippen LogP contribution < -0.4 is 29.6 Å². The molecule has 0 bridgehead atoms. The van der Waals surface area contributed by atoms with Crippen LogP contribution in [0.4, 0.5) is 11.4 Å². The van der Waals surface area contributed by atoms with Gasteiger partial charge in [-0.15, -0.1) is 0 Å². The van der Waals surface area contributed by atoms with E-state index in [9.17, 15) is 18.3 Å². The second-order valence-corrected chi connectivity index (χ2v) is 6.80. The molecule has 134 valence electrons. The summed E-state index contributed by atoms with van der Waals surface area (Å²) in [4.78, 5) is 10.8. The van der Waals surface area contributed by atoms with Crippen LogP contribution in [-0.4, -0.2) is 29.2 Å². The van der Waals surface area contributed by atoms with Crippen molar-refractivity contribution in [2.75, 3.05) is 0 Å². The molecule has 0 saturated carbocycles. The fourth-order valence-electron chi connectivity index (χ4n) is 2.31. The van der Waals surface area contributed by atoms with Crippen molar-refractivity contribution in [1.82, 2.24) is 0 Å². The maximum atomic E-state index is 11.2. The molecule has 0 unspecified atom stereocenters. The van der Waals surface area contributed by atoms with Gasteiger partial charge in [0, 0.05) is 0 Å². The number of carbonyl (C=O) groups is 1. The van der Waals surface area contributed by atoms with Gasteiger partial charge >= 0.3 is 35.5 Å². The van der Waals surface area contributed by atoms with Crippen LogP contribution in [0.3, 0.4) is 0 Å². The number of hydrogen-bond donors (Lipinski definition) is 3. The molecule has 0 radical (unpaired) electrons. The van der Waals surface area contributed by atoms with E-state index >= 15 is 0 Å². The predicted octanol–water partition coefficient (Wildman–Crippen LogP) is 1.02. The molecule has 10 heteroatoms. The molecule has 0 spiro atoms. The minimum Gasteiger partial charge on any atom is -1.00 e. The molecule has 0 aliphatic heterocycles. The molecule has 0 amide bonds. The van der Waals surface area contributed by atoms with Gasteiger partial charge < -0.3 is 11.6 Å². The summed E-state index contributed by atoms with van der Waals surface area (Å²) in [6, 6.07) is 12.9. The van der Waals surface area contributed by atoms with E-state index < -0.39 is 16.1 Å². The normalized spacial score (nSPS) is 11.4. The summed E-state index contributed by atoms with van der Waals surface area (Å²) in [6.45, 7) is 0. The Morgan fingerprint density at radius 2 is 1.44 bits per heavy atom. The molecule has 27 heavy (non-hydrogen) atoms. The van der Waals surface area contributed by atoms with Crippen LogP contribution >= 0.6 is 0 Å². The zero-order chi connectivity index (χ0) is 18.9. The summed E-state index contributed by atoms with van der Waals surface area (Å²) in [5, 5.41) is 27.7. The summed E-state index contributed by atoms with van der Waals surface area (Å²) < 4.78 is 31.4. The molecule has 8 nitrogen and oxygen atoms in total. The van der Waals surface area contributed by atoms with Gasteiger partial charge in [0.25, 0.3) is 10.1 Å². The molecular formula is C17H13N2NaO6S. The third kappa shape index (κ3) is 4.90. The number of hydrogen-bond acceptors (Lipinski definition) is 6. The standard InChI is InChI=1S/C17H12N2O6S.Na.H/c20-16-6-4-13(9-15(16)17(21)22)19-18-12-3-1-11-8-14(26(23,24)25)5-2-10(11)7-12;;/h1-9,20H,(H,21,22)(H,23,24,25);;/q;+1;-1. The number of rotatable bonds is 4. The van der Waals surface area contributed by atoms with Crippen molar-refractivity contribution < 1.29 is 59.0 Å². The van der Waals surface area contributed by atoms with Gasteiger partial charge in [-0.05, 0) is 53.2 Å². The first kappa shape index (κ1) is 21.0. The summed E-state index contributed by atoms with van der Waals surface area (Å²) in [5.74, 6) is -1.64. The van der Waals surface area contributed by atoms with Crippen molar-refractivity contribution in [2.45, 2.75) is 4.90 Å². The topological polar surface area (TPSA) is 137 Å². The quantitative estimate of drug-likeness (QED) is 0.342. The maximum Gasteiger partial charge on any atom is 1.00 e. The predicted molar refractivity (Wildman–Crippen MR) is 94.1 cm³/mol. The Morgan fingerprint density at radius 3 is 2.07 bits per heavy atom. The number of azo groups is 1. The van der Waals surface area contributed by atoms with Gasteiger partial charge in [-0.2, -0.15) is 18.6 Å². The van der Waals surface area contributed by atoms with E-state index in [0.717, 1.165) is 0 Å². The van der Waals surface area contributed by atoms with Crippen molar-refractivity contribution in [3.63, 3.8) is 0 Å². The Bertz CT molecular complexity index is 1170. The molecule has 0 aliphatic carbocycles. The number of nitrogens with zero attached hydrogens (tertiary/aromatic N) is 2. The van der Waals surface area contributed by atoms with E-state index in [1.54, 1.807) is 18.2 Å². The van der Waals surface area contributed by atoms with Crippen molar-refractivity contribution >= 4 is 38.2 Å². The first-order valence-electron chi connectivity index (χ1n) is 7.23. The van der Waals surface area contributed by atoms with Crippen LogP contribution in [0.1, 0.15) is 11.8 Å². The average molecular weight is 396 g/mol. The summed E-state index contributed by atoms with van der Waals surface area (Å²) in [6.07, 6.45) is 0. The Hall–Kier alpha value is -2.30. The molecule has 3 aromatic carbocycles. The second kappa shape index (κ2) is 8.15. The smallest absolute Gasteiger partial charge is 1.00 e. The fourth-order valence-corrected chi connectivity index (χ4v) is 2.82. The van der Waals surface area contributed by atoms with E-state index in [-0.39, 0.29) is 52.9 Å². The van der Waals surface area contributed by atoms with Crippen LogP contribution in [0.15, 0.2) is 69.7 Å². The fraction of sp³-hybridized carbons (Fsp3) is 0. The van der Waals surface area contributed by atoms with Crippen molar-refractivity contribution in [3.05, 3.63) is 60.2 Å². The third-order valence-electron chi connectivity index (χ3n) is 3.58. The molecular weight excluding hydrogens is 383 g/mol. The summed E-state index contributed by atoms with van der Waals surface area (Å²) in [5.41, 5.74) is 0.432. The maximum absolute atomic E-state index is 11.2. The van der Waals surface area contributed by atoms with Gasteiger partial charge in [0.05, 0.1) is 16.3 Å². The van der Waals surface area contributed by atoms with Gasteiger partial charge in [0.15, 0.2) is 0 Å². The van der Waals surface area contributed by atoms with Gasteiger partial charge in [-0.25, -0.2) is 4.79 Å². The Morgan fingerprint density at radius 1 is 0.889 bits per heavy atom. The van der Waals surface area contributed by atoms with Crippen LogP contribution in [0.2, 0.25) is 0 Å². The molecule has 0 fully saturated rings. The molecule has 0 aromatic heterocycles. The molecule has 0 aliphatic rings. The Kier molecular flexibility index (Phi) is 6.34. The van der Waals surface area contributed by atoms with Crippen LogP contribution in [-0.2, 0) is 10.1 Å². The van der Waals surface area contributed by atoms with Crippen molar-refractivity contribution in [2.24, 2.45) is 10.2 Å². The van der Waals surface area contributed by atoms with E-state index in [4.69, 9.17) is 9.66 Å². The SMILES string of the molecule is O=C(O)c1cc(N=Nc2ccc3cc(S(=O)(=O)O)ccc3c2)ccc1O.[H-].[Na+]. The average Bonchev–Trinajstić information content (AvgIpc) is 2.59. The van der Waals surface area contributed by atoms with Crippen molar-refractivity contribution in [1.29, 1.82) is 0 Å². The molecule has 3 aromatic rings. The van der Waals surface area contributed by atoms with Gasteiger partial charge in [-0.1, -0.05) is 12.1 Å². The monoisotopic (exact) mass is 396 g/mol. The van der Waals surface area contributed by atoms with Crippen LogP contribution in [0, 0.1) is 0 Å². The summed E-state index contributed by atoms with van der Waals surface area (Å²) in [7, 11) is -4.28. The second-order valence-electron chi connectivity index (χ2n) is 5.37. The van der Waals surface area contributed by atoms with Crippen molar-refractivity contribution in [3.8, 4) is 5.75 Å². The van der Waals surface area contributed by atoms with Crippen LogP contribution in [0.25, 0.3) is 10.8 Å². The number of fused-ring (bicyclic) bond motifs is 1. The number of aromatic hydroxyl groups is 1. The third-order valence-corrected chi connectivity index (χ3v) is 4.43. The van der Waals surface area contributed by atoms with Gasteiger partial charge in [0.2, 0.25) is 0 Å². The Labute approximate surface area is 177 Å². The van der Waals surface area contributed by atoms with Gasteiger partial charge in [0.1, 0.15) is 11.3 Å². The van der Waals surface area contributed by atoms with E-state index in [2.05, 4.69) is 10.2 Å². The minimum absolute atomic E-state index is 0. The zero-order valence-corrected chi connectivity index (χ0v) is 16.9. The first-order chi connectivity index (χ1) is 12.2. The summed E-state index contributed by atoms with van der Waals surface area (Å²) >= 11 is 0. The van der Waals surface area contributed by atoms with E-state index in [0.29, 0.717) is 16.5 Å². The largest absolute Gasteiger partial charge is 1.00 e. The van der Waals surface area contributed by atoms with Crippen LogP contribution in [0.5, 0.6) is 5.75 Å². The van der Waals surface area contributed by atoms with Gasteiger partial charge in [-0.3, -0.25) is 4.55 Å². The molecule has 0 heterocycles.